The van der Waals surface area contributed by atoms with Crippen molar-refractivity contribution in [1.29, 1.82) is 0 Å². The van der Waals surface area contributed by atoms with Crippen LogP contribution in [0.5, 0.6) is 0 Å². The van der Waals surface area contributed by atoms with E-state index in [0.29, 0.717) is 13.0 Å². The fourth-order valence-electron chi connectivity index (χ4n) is 2.46. The van der Waals surface area contributed by atoms with Crippen molar-refractivity contribution in [3.63, 3.8) is 0 Å². The highest BCUT2D eigenvalue weighted by Gasteiger charge is 2.42. The standard InChI is InChI=1S/C11H18NO4/c1-7-4-8(2)16-11(15-7)5-9(12-6-11)10(13)14-3/h7-9H,4-6H2,1-3H3/q-1/t7-,8?,9-,11?/m1/s1. The van der Waals surface area contributed by atoms with E-state index in [0.717, 1.165) is 6.42 Å². The monoisotopic (exact) mass is 228 g/mol. The second kappa shape index (κ2) is 4.31. The lowest BCUT2D eigenvalue weighted by Crippen LogP contribution is -2.47. The molecule has 0 aliphatic carbocycles. The molecule has 5 nitrogen and oxygen atoms in total. The summed E-state index contributed by atoms with van der Waals surface area (Å²) in [5.74, 6) is -1.01. The third-order valence-electron chi connectivity index (χ3n) is 3.03. The molecule has 2 unspecified atom stereocenters. The highest BCUT2D eigenvalue weighted by molar-refractivity contribution is 5.79. The third-order valence-corrected chi connectivity index (χ3v) is 3.03. The molecule has 0 amide bonds. The molecule has 5 heteroatoms. The molecule has 0 bridgehead atoms. The van der Waals surface area contributed by atoms with Gasteiger partial charge in [-0.15, -0.1) is 0 Å². The van der Waals surface area contributed by atoms with Gasteiger partial charge >= 0.3 is 0 Å². The number of carbonyl (C=O) groups is 1. The highest BCUT2D eigenvalue weighted by Crippen LogP contribution is 2.39. The molecule has 2 aliphatic rings. The van der Waals surface area contributed by atoms with Crippen LogP contribution in [0.4, 0.5) is 0 Å². The van der Waals surface area contributed by atoms with E-state index in [9.17, 15) is 4.79 Å². The summed E-state index contributed by atoms with van der Waals surface area (Å²) in [7, 11) is 1.37. The maximum Gasteiger partial charge on any atom is 0.287 e. The maximum atomic E-state index is 11.4. The van der Waals surface area contributed by atoms with Crippen LogP contribution in [0.1, 0.15) is 26.7 Å². The van der Waals surface area contributed by atoms with Crippen molar-refractivity contribution >= 4 is 5.97 Å². The molecule has 0 aromatic rings. The molecule has 0 saturated carbocycles. The molecule has 0 aromatic carbocycles. The molecule has 2 heterocycles. The van der Waals surface area contributed by atoms with Crippen LogP contribution >= 0.6 is 0 Å². The van der Waals surface area contributed by atoms with Gasteiger partial charge in [-0.05, 0) is 32.7 Å². The summed E-state index contributed by atoms with van der Waals surface area (Å²) in [6.45, 7) is 4.46. The van der Waals surface area contributed by atoms with Gasteiger partial charge in [-0.25, -0.2) is 0 Å². The van der Waals surface area contributed by atoms with Crippen molar-refractivity contribution in [2.24, 2.45) is 0 Å². The molecule has 2 saturated heterocycles. The summed E-state index contributed by atoms with van der Waals surface area (Å²) in [5.41, 5.74) is 0. The van der Waals surface area contributed by atoms with E-state index in [1.807, 2.05) is 13.8 Å². The van der Waals surface area contributed by atoms with Crippen LogP contribution in [0.25, 0.3) is 5.32 Å². The number of carbonyl (C=O) groups excluding carboxylic acids is 1. The maximum absolute atomic E-state index is 11.4. The number of hydrogen-bond acceptors (Lipinski definition) is 4. The van der Waals surface area contributed by atoms with Crippen LogP contribution in [-0.4, -0.2) is 43.7 Å². The first-order valence-electron chi connectivity index (χ1n) is 5.65. The molecular formula is C11H18NO4-. The summed E-state index contributed by atoms with van der Waals surface area (Å²) in [5, 5.41) is 4.23. The fourth-order valence-corrected chi connectivity index (χ4v) is 2.46. The first-order chi connectivity index (χ1) is 7.54. The normalized spacial score (nSPS) is 43.6. The molecule has 2 rings (SSSR count). The predicted octanol–water partition coefficient (Wildman–Crippen LogP) is 1.22. The Morgan fingerprint density at radius 3 is 2.56 bits per heavy atom. The average Bonchev–Trinajstić information content (AvgIpc) is 2.58. The van der Waals surface area contributed by atoms with Crippen LogP contribution in [-0.2, 0) is 19.0 Å². The Morgan fingerprint density at radius 2 is 2.00 bits per heavy atom. The number of methoxy groups -OCH3 is 1. The van der Waals surface area contributed by atoms with E-state index in [1.165, 1.54) is 7.11 Å². The topological polar surface area (TPSA) is 58.9 Å². The Bertz CT molecular complexity index is 271. The zero-order chi connectivity index (χ0) is 11.8. The molecule has 0 aromatic heterocycles. The number of hydrogen-bond donors (Lipinski definition) is 0. The number of ether oxygens (including phenoxy) is 3. The first kappa shape index (κ1) is 11.8. The van der Waals surface area contributed by atoms with Crippen molar-refractivity contribution < 1.29 is 19.0 Å². The van der Waals surface area contributed by atoms with Gasteiger partial charge in [-0.3, -0.25) is 4.79 Å². The third kappa shape index (κ3) is 2.21. The van der Waals surface area contributed by atoms with Crippen molar-refractivity contribution in [3.8, 4) is 0 Å². The van der Waals surface area contributed by atoms with Gasteiger partial charge in [0, 0.05) is 0 Å². The van der Waals surface area contributed by atoms with Gasteiger partial charge in [0.1, 0.15) is 5.79 Å². The number of rotatable bonds is 1. The summed E-state index contributed by atoms with van der Waals surface area (Å²) in [6.07, 6.45) is 1.64. The Labute approximate surface area is 95.4 Å². The quantitative estimate of drug-likeness (QED) is 0.633. The van der Waals surface area contributed by atoms with Gasteiger partial charge < -0.3 is 19.5 Å². The van der Waals surface area contributed by atoms with E-state index in [-0.39, 0.29) is 18.2 Å². The molecule has 4 atom stereocenters. The minimum absolute atomic E-state index is 0.148. The lowest BCUT2D eigenvalue weighted by molar-refractivity contribution is -0.299. The van der Waals surface area contributed by atoms with Crippen LogP contribution in [0.15, 0.2) is 0 Å². The molecule has 2 aliphatic heterocycles. The first-order valence-corrected chi connectivity index (χ1v) is 5.65. The summed E-state index contributed by atoms with van der Waals surface area (Å²) >= 11 is 0. The Kier molecular flexibility index (Phi) is 3.19. The molecule has 92 valence electrons. The van der Waals surface area contributed by atoms with Gasteiger partial charge in [0.2, 0.25) is 0 Å². The fraction of sp³-hybridized carbons (Fsp3) is 0.909. The minimum Gasteiger partial charge on any atom is -0.646 e. The minimum atomic E-state index is -0.698. The Morgan fingerprint density at radius 1 is 1.38 bits per heavy atom. The van der Waals surface area contributed by atoms with Crippen molar-refractivity contribution in [2.45, 2.75) is 50.7 Å². The Balaban J connectivity index is 2.02. The zero-order valence-electron chi connectivity index (χ0n) is 9.93. The van der Waals surface area contributed by atoms with Gasteiger partial charge in [0.15, 0.2) is 0 Å². The lowest BCUT2D eigenvalue weighted by atomic mass is 10.1. The van der Waals surface area contributed by atoms with E-state index < -0.39 is 11.8 Å². The molecule has 1 spiro atoms. The molecule has 0 radical (unpaired) electrons. The second-order valence-electron chi connectivity index (χ2n) is 4.59. The van der Waals surface area contributed by atoms with Crippen LogP contribution < -0.4 is 0 Å². The van der Waals surface area contributed by atoms with Gasteiger partial charge in [0.25, 0.3) is 5.97 Å². The Hall–Kier alpha value is -0.650. The van der Waals surface area contributed by atoms with Gasteiger partial charge in [0.05, 0.1) is 19.3 Å². The van der Waals surface area contributed by atoms with Crippen molar-refractivity contribution in [1.82, 2.24) is 0 Å². The highest BCUT2D eigenvalue weighted by atomic mass is 16.7. The van der Waals surface area contributed by atoms with E-state index in [1.54, 1.807) is 0 Å². The molecular weight excluding hydrogens is 210 g/mol. The number of esters is 1. The van der Waals surface area contributed by atoms with E-state index in [4.69, 9.17) is 9.47 Å². The predicted molar refractivity (Wildman–Crippen MR) is 57.1 cm³/mol. The average molecular weight is 228 g/mol. The summed E-state index contributed by atoms with van der Waals surface area (Å²) < 4.78 is 16.3. The SMILES string of the molecule is COC(=O)[C@H]1CC2(C[N-]1)OC(C)C[C@@H](C)O2. The molecule has 0 N–H and O–H groups in total. The van der Waals surface area contributed by atoms with Crippen molar-refractivity contribution in [3.05, 3.63) is 5.32 Å². The van der Waals surface area contributed by atoms with E-state index in [2.05, 4.69) is 10.1 Å². The van der Waals surface area contributed by atoms with Crippen LogP contribution in [0.2, 0.25) is 0 Å². The summed E-state index contributed by atoms with van der Waals surface area (Å²) in [4.78, 5) is 11.4. The van der Waals surface area contributed by atoms with E-state index >= 15 is 0 Å². The smallest absolute Gasteiger partial charge is 0.287 e. The molecule has 2 fully saturated rings. The lowest BCUT2D eigenvalue weighted by Gasteiger charge is -2.42. The second-order valence-corrected chi connectivity index (χ2v) is 4.59. The van der Waals surface area contributed by atoms with Gasteiger partial charge in [-0.2, -0.15) is 0 Å². The largest absolute Gasteiger partial charge is 0.646 e. The summed E-state index contributed by atoms with van der Waals surface area (Å²) in [6, 6.07) is -0.442. The van der Waals surface area contributed by atoms with Gasteiger partial charge in [-0.1, -0.05) is 6.54 Å². The van der Waals surface area contributed by atoms with Crippen molar-refractivity contribution in [2.75, 3.05) is 13.7 Å². The van der Waals surface area contributed by atoms with Crippen LogP contribution in [0, 0.1) is 0 Å². The molecule has 16 heavy (non-hydrogen) atoms. The zero-order valence-corrected chi connectivity index (χ0v) is 9.93. The van der Waals surface area contributed by atoms with Crippen LogP contribution in [0.3, 0.4) is 0 Å². The number of nitrogens with zero attached hydrogens (tertiary/aromatic N) is 1.